The Labute approximate surface area is 181 Å². The van der Waals surface area contributed by atoms with Crippen molar-refractivity contribution in [3.05, 3.63) is 60.4 Å². The lowest BCUT2D eigenvalue weighted by molar-refractivity contribution is 0.0899. The van der Waals surface area contributed by atoms with Crippen LogP contribution in [-0.2, 0) is 18.0 Å². The second kappa shape index (κ2) is 9.33. The normalized spacial score (nSPS) is 17.6. The zero-order chi connectivity index (χ0) is 21.0. The van der Waals surface area contributed by atoms with Crippen molar-refractivity contribution in [1.82, 2.24) is 14.5 Å². The van der Waals surface area contributed by atoms with Gasteiger partial charge in [-0.2, -0.15) is 0 Å². The molecule has 3 heterocycles. The summed E-state index contributed by atoms with van der Waals surface area (Å²) in [4.78, 5) is 7.15. The van der Waals surface area contributed by atoms with Crippen molar-refractivity contribution < 1.29 is 4.74 Å². The molecule has 30 heavy (non-hydrogen) atoms. The maximum atomic E-state index is 5.94. The molecule has 1 saturated heterocycles. The Morgan fingerprint density at radius 3 is 2.77 bits per heavy atom. The maximum absolute atomic E-state index is 5.94. The Kier molecular flexibility index (Phi) is 6.56. The van der Waals surface area contributed by atoms with Gasteiger partial charge in [0.25, 0.3) is 0 Å². The molecule has 0 aliphatic carbocycles. The maximum Gasteiger partial charge on any atom is 0.143 e. The number of pyridine rings is 1. The Hall–Kier alpha value is -2.15. The Bertz CT molecular complexity index is 951. The van der Waals surface area contributed by atoms with Crippen molar-refractivity contribution >= 4 is 24.8 Å². The third-order valence-electron chi connectivity index (χ3n) is 5.77. The van der Waals surface area contributed by atoms with Crippen LogP contribution in [-0.4, -0.2) is 48.3 Å². The van der Waals surface area contributed by atoms with Gasteiger partial charge in [-0.1, -0.05) is 50.0 Å². The first-order valence-electron chi connectivity index (χ1n) is 11.0. The molecule has 0 spiro atoms. The first kappa shape index (κ1) is 21.1. The molecule has 3 aromatic rings. The molecule has 1 aromatic carbocycles. The summed E-state index contributed by atoms with van der Waals surface area (Å²) >= 11 is 0. The van der Waals surface area contributed by atoms with E-state index in [1.54, 1.807) is 0 Å². The largest absolute Gasteiger partial charge is 0.380 e. The van der Waals surface area contributed by atoms with Crippen molar-refractivity contribution in [3.8, 4) is 0 Å². The second-order valence-electron chi connectivity index (χ2n) is 9.58. The van der Waals surface area contributed by atoms with E-state index in [1.807, 2.05) is 6.20 Å². The van der Waals surface area contributed by atoms with Crippen LogP contribution < -0.4 is 5.32 Å². The number of hydrogen-bond donors (Lipinski definition) is 1. The number of rotatable bonds is 9. The molecule has 0 radical (unpaired) electrons. The van der Waals surface area contributed by atoms with E-state index in [0.29, 0.717) is 12.8 Å². The lowest BCUT2D eigenvalue weighted by Gasteiger charge is -2.18. The topological polar surface area (TPSA) is 42.3 Å². The highest BCUT2D eigenvalue weighted by atomic mass is 28.3. The summed E-state index contributed by atoms with van der Waals surface area (Å²) in [6.45, 7) is 11.8. The number of nitrogens with zero attached hydrogens (tertiary/aromatic N) is 3. The molecule has 1 aliphatic rings. The molecule has 6 heteroatoms. The standard InChI is InChI=1S/C24H34N4OSi/c1-30(2,3)16-15-29-19-28-14-11-22-23(9-12-25-24(22)28)26-21-10-13-27(18-21)17-20-7-5-4-6-8-20/h4-9,11-12,14,21H,10,13,15-19H2,1-3H3,(H,25,26). The fourth-order valence-electron chi connectivity index (χ4n) is 4.02. The third kappa shape index (κ3) is 5.50. The van der Waals surface area contributed by atoms with Gasteiger partial charge in [-0.15, -0.1) is 0 Å². The van der Waals surface area contributed by atoms with Crippen LogP contribution in [0.2, 0.25) is 25.7 Å². The van der Waals surface area contributed by atoms with Gasteiger partial charge in [0.15, 0.2) is 0 Å². The SMILES string of the molecule is C[Si](C)(C)CCOCn1ccc2c(NC3CCN(Cc4ccccc4)C3)ccnc21. The van der Waals surface area contributed by atoms with Crippen LogP contribution in [0.3, 0.4) is 0 Å². The lowest BCUT2D eigenvalue weighted by atomic mass is 10.2. The van der Waals surface area contributed by atoms with Crippen molar-refractivity contribution in [2.75, 3.05) is 25.0 Å². The van der Waals surface area contributed by atoms with Gasteiger partial charge in [-0.3, -0.25) is 4.90 Å². The molecule has 1 atom stereocenters. The number of anilines is 1. The summed E-state index contributed by atoms with van der Waals surface area (Å²) in [6.07, 6.45) is 5.16. The Morgan fingerprint density at radius 1 is 1.13 bits per heavy atom. The molecular formula is C24H34N4OSi. The fourth-order valence-corrected chi connectivity index (χ4v) is 4.77. The summed E-state index contributed by atoms with van der Waals surface area (Å²) in [7, 11) is -1.06. The lowest BCUT2D eigenvalue weighted by Crippen LogP contribution is -2.26. The number of hydrogen-bond acceptors (Lipinski definition) is 4. The van der Waals surface area contributed by atoms with Gasteiger partial charge in [0, 0.05) is 63.8 Å². The molecule has 1 N–H and O–H groups in total. The van der Waals surface area contributed by atoms with Crippen molar-refractivity contribution in [1.29, 1.82) is 0 Å². The number of likely N-dealkylation sites (tertiary alicyclic amines) is 1. The van der Waals surface area contributed by atoms with E-state index in [1.165, 1.54) is 22.7 Å². The number of aromatic nitrogens is 2. The second-order valence-corrected chi connectivity index (χ2v) is 15.2. The van der Waals surface area contributed by atoms with Crippen LogP contribution in [0.15, 0.2) is 54.9 Å². The molecule has 0 bridgehead atoms. The highest BCUT2D eigenvalue weighted by molar-refractivity contribution is 6.76. The monoisotopic (exact) mass is 422 g/mol. The van der Waals surface area contributed by atoms with Crippen molar-refractivity contribution in [2.24, 2.45) is 0 Å². The molecule has 4 rings (SSSR count). The van der Waals surface area contributed by atoms with Crippen LogP contribution in [0.1, 0.15) is 12.0 Å². The van der Waals surface area contributed by atoms with Gasteiger partial charge >= 0.3 is 0 Å². The van der Waals surface area contributed by atoms with Gasteiger partial charge in [0.2, 0.25) is 0 Å². The number of ether oxygens (including phenoxy) is 1. The van der Waals surface area contributed by atoms with E-state index in [9.17, 15) is 0 Å². The predicted octanol–water partition coefficient (Wildman–Crippen LogP) is 5.04. The number of fused-ring (bicyclic) bond motifs is 1. The van der Waals surface area contributed by atoms with Crippen LogP contribution >= 0.6 is 0 Å². The van der Waals surface area contributed by atoms with Gasteiger partial charge < -0.3 is 14.6 Å². The zero-order valence-electron chi connectivity index (χ0n) is 18.5. The van der Waals surface area contributed by atoms with Crippen LogP contribution in [0.4, 0.5) is 5.69 Å². The molecule has 0 amide bonds. The average molecular weight is 423 g/mol. The van der Waals surface area contributed by atoms with E-state index in [4.69, 9.17) is 4.74 Å². The molecule has 160 valence electrons. The number of benzene rings is 1. The molecule has 2 aromatic heterocycles. The van der Waals surface area contributed by atoms with Crippen molar-refractivity contribution in [2.45, 2.75) is 51.4 Å². The molecule has 5 nitrogen and oxygen atoms in total. The summed E-state index contributed by atoms with van der Waals surface area (Å²) < 4.78 is 8.05. The number of nitrogens with one attached hydrogen (secondary N) is 1. The van der Waals surface area contributed by atoms with Gasteiger partial charge in [0.1, 0.15) is 12.4 Å². The Balaban J connectivity index is 1.35. The van der Waals surface area contributed by atoms with Gasteiger partial charge in [-0.25, -0.2) is 4.98 Å². The van der Waals surface area contributed by atoms with Crippen LogP contribution in [0, 0.1) is 0 Å². The minimum absolute atomic E-state index is 0.468. The predicted molar refractivity (Wildman–Crippen MR) is 128 cm³/mol. The summed E-state index contributed by atoms with van der Waals surface area (Å²) in [5, 5.41) is 4.94. The molecule has 1 fully saturated rings. The molecule has 0 saturated carbocycles. The zero-order valence-corrected chi connectivity index (χ0v) is 19.5. The smallest absolute Gasteiger partial charge is 0.143 e. The fraction of sp³-hybridized carbons (Fsp3) is 0.458. The molecule has 1 aliphatic heterocycles. The minimum Gasteiger partial charge on any atom is -0.380 e. The van der Waals surface area contributed by atoms with Gasteiger partial charge in [-0.05, 0) is 30.2 Å². The summed E-state index contributed by atoms with van der Waals surface area (Å²) in [5.74, 6) is 0. The summed E-state index contributed by atoms with van der Waals surface area (Å²) in [5.41, 5.74) is 3.55. The minimum atomic E-state index is -1.06. The molecule has 1 unspecified atom stereocenters. The molecular weight excluding hydrogens is 388 g/mol. The van der Waals surface area contributed by atoms with Crippen molar-refractivity contribution in [3.63, 3.8) is 0 Å². The average Bonchev–Trinajstić information content (AvgIpc) is 3.33. The van der Waals surface area contributed by atoms with Crippen LogP contribution in [0.25, 0.3) is 11.0 Å². The highest BCUT2D eigenvalue weighted by Crippen LogP contribution is 2.25. The third-order valence-corrected chi connectivity index (χ3v) is 7.47. The van der Waals surface area contributed by atoms with E-state index < -0.39 is 8.07 Å². The quantitative estimate of drug-likeness (QED) is 0.388. The van der Waals surface area contributed by atoms with E-state index in [2.05, 4.69) is 88.1 Å². The van der Waals surface area contributed by atoms with Gasteiger partial charge in [0.05, 0.1) is 0 Å². The van der Waals surface area contributed by atoms with E-state index >= 15 is 0 Å². The van der Waals surface area contributed by atoms with E-state index in [0.717, 1.165) is 38.3 Å². The Morgan fingerprint density at radius 2 is 1.97 bits per heavy atom. The summed E-state index contributed by atoms with van der Waals surface area (Å²) in [6, 6.07) is 16.6. The first-order valence-corrected chi connectivity index (χ1v) is 14.7. The van der Waals surface area contributed by atoms with E-state index in [-0.39, 0.29) is 0 Å². The highest BCUT2D eigenvalue weighted by Gasteiger charge is 2.23. The van der Waals surface area contributed by atoms with Crippen LogP contribution in [0.5, 0.6) is 0 Å². The first-order chi connectivity index (χ1) is 14.5.